The minimum Gasteiger partial charge on any atom is -0.392 e. The fourth-order valence-electron chi connectivity index (χ4n) is 1.08. The van der Waals surface area contributed by atoms with Gasteiger partial charge in [-0.05, 0) is 20.8 Å². The van der Waals surface area contributed by atoms with Crippen molar-refractivity contribution in [3.8, 4) is 11.8 Å². The summed E-state index contributed by atoms with van der Waals surface area (Å²) in [4.78, 5) is 0. The van der Waals surface area contributed by atoms with Gasteiger partial charge in [0.15, 0.2) is 5.79 Å². The molecule has 1 fully saturated rings. The zero-order chi connectivity index (χ0) is 9.90. The van der Waals surface area contributed by atoms with Crippen molar-refractivity contribution in [2.45, 2.75) is 45.2 Å². The predicted molar refractivity (Wildman–Crippen MR) is 49.0 cm³/mol. The van der Waals surface area contributed by atoms with Crippen molar-refractivity contribution in [3.63, 3.8) is 0 Å². The number of aliphatic hydroxyl groups is 1. The minimum atomic E-state index is -0.510. The Kier molecular flexibility index (Phi) is 3.32. The molecule has 2 unspecified atom stereocenters. The van der Waals surface area contributed by atoms with E-state index in [1.54, 1.807) is 6.92 Å². The average Bonchev–Trinajstić information content (AvgIpc) is 2.29. The van der Waals surface area contributed by atoms with Crippen LogP contribution in [0, 0.1) is 11.8 Å². The lowest BCUT2D eigenvalue weighted by atomic mass is 10.3. The van der Waals surface area contributed by atoms with Crippen molar-refractivity contribution in [3.05, 3.63) is 0 Å². The van der Waals surface area contributed by atoms with Gasteiger partial charge in [0.05, 0.1) is 12.7 Å². The van der Waals surface area contributed by atoms with Crippen molar-refractivity contribution in [2.24, 2.45) is 0 Å². The average molecular weight is 184 g/mol. The van der Waals surface area contributed by atoms with Gasteiger partial charge in [-0.15, -0.1) is 0 Å². The van der Waals surface area contributed by atoms with Crippen LogP contribution in [0.25, 0.3) is 0 Å². The van der Waals surface area contributed by atoms with Crippen molar-refractivity contribution < 1.29 is 14.6 Å². The van der Waals surface area contributed by atoms with Crippen LogP contribution in [-0.2, 0) is 9.47 Å². The quantitative estimate of drug-likeness (QED) is 0.616. The second-order valence-corrected chi connectivity index (χ2v) is 3.69. The van der Waals surface area contributed by atoms with Crippen LogP contribution in [0.3, 0.4) is 0 Å². The van der Waals surface area contributed by atoms with Crippen molar-refractivity contribution in [1.82, 2.24) is 0 Å². The number of ether oxygens (including phenoxy) is 2. The Morgan fingerprint density at radius 1 is 1.62 bits per heavy atom. The standard InChI is InChI=1S/C10H16O3/c1-8(11)5-4-6-9-7-12-10(2,3)13-9/h8-9,11H,5,7H2,1-3H3. The molecule has 1 saturated heterocycles. The molecular formula is C10H16O3. The Bertz CT molecular complexity index is 222. The molecule has 0 spiro atoms. The van der Waals surface area contributed by atoms with Gasteiger partial charge in [-0.1, -0.05) is 11.8 Å². The maximum absolute atomic E-state index is 8.95. The van der Waals surface area contributed by atoms with E-state index in [1.165, 1.54) is 0 Å². The fourth-order valence-corrected chi connectivity index (χ4v) is 1.08. The first kappa shape index (κ1) is 10.5. The molecule has 0 aromatic carbocycles. The molecule has 0 saturated carbocycles. The highest BCUT2D eigenvalue weighted by molar-refractivity contribution is 5.07. The van der Waals surface area contributed by atoms with Crippen LogP contribution >= 0.6 is 0 Å². The molecule has 0 bridgehead atoms. The smallest absolute Gasteiger partial charge is 0.164 e. The van der Waals surface area contributed by atoms with E-state index in [4.69, 9.17) is 14.6 Å². The summed E-state index contributed by atoms with van der Waals surface area (Å²) in [7, 11) is 0. The van der Waals surface area contributed by atoms with Gasteiger partial charge in [0.2, 0.25) is 0 Å². The summed E-state index contributed by atoms with van der Waals surface area (Å²) in [5.41, 5.74) is 0. The summed E-state index contributed by atoms with van der Waals surface area (Å²) in [6, 6.07) is 0. The Hall–Kier alpha value is -0.560. The lowest BCUT2D eigenvalue weighted by Gasteiger charge is -2.14. The molecule has 2 atom stereocenters. The number of rotatable bonds is 1. The maximum Gasteiger partial charge on any atom is 0.164 e. The molecule has 1 N–H and O–H groups in total. The maximum atomic E-state index is 8.95. The lowest BCUT2D eigenvalue weighted by Crippen LogP contribution is -2.20. The molecule has 0 aliphatic carbocycles. The van der Waals surface area contributed by atoms with Crippen LogP contribution in [0.1, 0.15) is 27.2 Å². The van der Waals surface area contributed by atoms with Gasteiger partial charge in [-0.3, -0.25) is 0 Å². The van der Waals surface area contributed by atoms with Crippen molar-refractivity contribution in [1.29, 1.82) is 0 Å². The van der Waals surface area contributed by atoms with Crippen LogP contribution < -0.4 is 0 Å². The van der Waals surface area contributed by atoms with E-state index in [0.717, 1.165) is 0 Å². The molecule has 1 aliphatic heterocycles. The Morgan fingerprint density at radius 2 is 2.31 bits per heavy atom. The molecule has 0 aromatic rings. The van der Waals surface area contributed by atoms with E-state index < -0.39 is 5.79 Å². The highest BCUT2D eigenvalue weighted by Gasteiger charge is 2.31. The van der Waals surface area contributed by atoms with Gasteiger partial charge in [-0.25, -0.2) is 0 Å². The number of hydrogen-bond acceptors (Lipinski definition) is 3. The molecule has 74 valence electrons. The lowest BCUT2D eigenvalue weighted by molar-refractivity contribution is -0.132. The molecule has 1 rings (SSSR count). The number of aliphatic hydroxyl groups excluding tert-OH is 1. The van der Waals surface area contributed by atoms with Gasteiger partial charge in [-0.2, -0.15) is 0 Å². The summed E-state index contributed by atoms with van der Waals surface area (Å²) in [5, 5.41) is 8.95. The monoisotopic (exact) mass is 184 g/mol. The van der Waals surface area contributed by atoms with E-state index in [9.17, 15) is 0 Å². The SMILES string of the molecule is CC(O)CC#CC1COC(C)(C)O1. The predicted octanol–water partition coefficient (Wildman–Crippen LogP) is 0.912. The molecule has 13 heavy (non-hydrogen) atoms. The second kappa shape index (κ2) is 4.10. The van der Waals surface area contributed by atoms with Gasteiger partial charge in [0, 0.05) is 6.42 Å². The first-order chi connectivity index (χ1) is 5.99. The fraction of sp³-hybridized carbons (Fsp3) is 0.800. The van der Waals surface area contributed by atoms with Crippen molar-refractivity contribution in [2.75, 3.05) is 6.61 Å². The van der Waals surface area contributed by atoms with Crippen LogP contribution in [-0.4, -0.2) is 29.7 Å². The zero-order valence-electron chi connectivity index (χ0n) is 8.33. The van der Waals surface area contributed by atoms with Crippen LogP contribution in [0.4, 0.5) is 0 Å². The van der Waals surface area contributed by atoms with E-state index in [0.29, 0.717) is 13.0 Å². The normalized spacial score (nSPS) is 27.8. The third-order valence-electron chi connectivity index (χ3n) is 1.67. The molecule has 1 heterocycles. The first-order valence-electron chi connectivity index (χ1n) is 4.48. The minimum absolute atomic E-state index is 0.145. The van der Waals surface area contributed by atoms with E-state index >= 15 is 0 Å². The van der Waals surface area contributed by atoms with Gasteiger partial charge < -0.3 is 14.6 Å². The summed E-state index contributed by atoms with van der Waals surface area (Å²) in [5.74, 6) is 5.26. The Balaban J connectivity index is 2.34. The van der Waals surface area contributed by atoms with Crippen LogP contribution in [0.2, 0.25) is 0 Å². The summed E-state index contributed by atoms with van der Waals surface area (Å²) in [6.45, 7) is 5.96. The molecular weight excluding hydrogens is 168 g/mol. The van der Waals surface area contributed by atoms with E-state index in [2.05, 4.69) is 11.8 Å². The summed E-state index contributed by atoms with van der Waals surface area (Å²) in [6.07, 6.45) is -0.0307. The molecule has 0 aromatic heterocycles. The largest absolute Gasteiger partial charge is 0.392 e. The molecule has 0 amide bonds. The van der Waals surface area contributed by atoms with E-state index in [-0.39, 0.29) is 12.2 Å². The second-order valence-electron chi connectivity index (χ2n) is 3.69. The highest BCUT2D eigenvalue weighted by atomic mass is 16.7. The topological polar surface area (TPSA) is 38.7 Å². The molecule has 0 radical (unpaired) electrons. The first-order valence-corrected chi connectivity index (χ1v) is 4.48. The number of hydrogen-bond donors (Lipinski definition) is 1. The Morgan fingerprint density at radius 3 is 2.77 bits per heavy atom. The molecule has 3 nitrogen and oxygen atoms in total. The van der Waals surface area contributed by atoms with Gasteiger partial charge in [0.25, 0.3) is 0 Å². The molecule has 3 heteroatoms. The van der Waals surface area contributed by atoms with Crippen LogP contribution in [0.5, 0.6) is 0 Å². The van der Waals surface area contributed by atoms with Crippen LogP contribution in [0.15, 0.2) is 0 Å². The molecule has 1 aliphatic rings. The summed E-state index contributed by atoms with van der Waals surface area (Å²) < 4.78 is 10.8. The van der Waals surface area contributed by atoms with Gasteiger partial charge in [0.1, 0.15) is 6.10 Å². The van der Waals surface area contributed by atoms with Gasteiger partial charge >= 0.3 is 0 Å². The van der Waals surface area contributed by atoms with Crippen molar-refractivity contribution >= 4 is 0 Å². The Labute approximate surface area is 79.0 Å². The highest BCUT2D eigenvalue weighted by Crippen LogP contribution is 2.21. The van der Waals surface area contributed by atoms with E-state index in [1.807, 2.05) is 13.8 Å². The third-order valence-corrected chi connectivity index (χ3v) is 1.67. The third kappa shape index (κ3) is 3.77. The summed E-state index contributed by atoms with van der Waals surface area (Å²) >= 11 is 0. The zero-order valence-corrected chi connectivity index (χ0v) is 8.33.